The molecule has 0 aliphatic heterocycles. The number of amides is 2. The molecule has 0 saturated carbocycles. The van der Waals surface area contributed by atoms with Crippen molar-refractivity contribution in [3.8, 4) is 11.5 Å². The summed E-state index contributed by atoms with van der Waals surface area (Å²) in [5, 5.41) is 2.84. The predicted octanol–water partition coefficient (Wildman–Crippen LogP) is 3.15. The van der Waals surface area contributed by atoms with Gasteiger partial charge in [-0.2, -0.15) is 0 Å². The molecule has 6 heteroatoms. The van der Waals surface area contributed by atoms with Crippen molar-refractivity contribution >= 4 is 17.5 Å². The Kier molecular flexibility index (Phi) is 7.23. The molecule has 144 valence electrons. The molecule has 1 N–H and O–H groups in total. The van der Waals surface area contributed by atoms with E-state index in [9.17, 15) is 9.59 Å². The number of carbonyl (C=O) groups is 2. The van der Waals surface area contributed by atoms with E-state index < -0.39 is 0 Å². The molecule has 0 heterocycles. The fourth-order valence-corrected chi connectivity index (χ4v) is 2.54. The van der Waals surface area contributed by atoms with Gasteiger partial charge in [-0.05, 0) is 43.7 Å². The maximum Gasteiger partial charge on any atom is 0.240 e. The highest BCUT2D eigenvalue weighted by atomic mass is 16.5. The van der Waals surface area contributed by atoms with Gasteiger partial charge in [0.05, 0.1) is 18.9 Å². The van der Waals surface area contributed by atoms with Crippen LogP contribution in [0.15, 0.2) is 48.5 Å². The van der Waals surface area contributed by atoms with Crippen LogP contribution in [0.3, 0.4) is 0 Å². The minimum Gasteiger partial charge on any atom is -0.497 e. The fourth-order valence-electron chi connectivity index (χ4n) is 2.54. The number of nitrogens with one attached hydrogen (secondary N) is 1. The standard InChI is InChI=1S/C21H26N2O4/c1-15(2)27-20-8-6-5-7-19(20)23(16(3)24)14-21(25)22-13-17-9-11-18(26-4)12-10-17/h5-12,15H,13-14H2,1-4H3,(H,22,25). The van der Waals surface area contributed by atoms with E-state index in [0.717, 1.165) is 11.3 Å². The molecule has 0 aliphatic carbocycles. The van der Waals surface area contributed by atoms with Gasteiger partial charge in [0.2, 0.25) is 11.8 Å². The molecule has 0 radical (unpaired) electrons. The van der Waals surface area contributed by atoms with Gasteiger partial charge in [0.25, 0.3) is 0 Å². The van der Waals surface area contributed by atoms with Gasteiger partial charge in [0.1, 0.15) is 18.0 Å². The summed E-state index contributed by atoms with van der Waals surface area (Å²) in [5.41, 5.74) is 1.53. The molecule has 0 aromatic heterocycles. The third-order valence-electron chi connectivity index (χ3n) is 3.85. The van der Waals surface area contributed by atoms with Crippen LogP contribution < -0.4 is 19.7 Å². The number of para-hydroxylation sites is 2. The Labute approximate surface area is 160 Å². The zero-order chi connectivity index (χ0) is 19.8. The third-order valence-corrected chi connectivity index (χ3v) is 3.85. The number of ether oxygens (including phenoxy) is 2. The molecule has 27 heavy (non-hydrogen) atoms. The second-order valence-corrected chi connectivity index (χ2v) is 6.36. The summed E-state index contributed by atoms with van der Waals surface area (Å²) in [6.45, 7) is 5.55. The van der Waals surface area contributed by atoms with E-state index in [2.05, 4.69) is 5.32 Å². The van der Waals surface area contributed by atoms with E-state index in [-0.39, 0.29) is 24.5 Å². The molecule has 0 fully saturated rings. The molecule has 0 aliphatic rings. The first kappa shape index (κ1) is 20.3. The number of methoxy groups -OCH3 is 1. The van der Waals surface area contributed by atoms with Gasteiger partial charge >= 0.3 is 0 Å². The molecule has 0 bridgehead atoms. The summed E-state index contributed by atoms with van der Waals surface area (Å²) in [7, 11) is 1.61. The maximum absolute atomic E-state index is 12.4. The van der Waals surface area contributed by atoms with Crippen molar-refractivity contribution in [1.82, 2.24) is 5.32 Å². The Bertz CT molecular complexity index is 772. The Hall–Kier alpha value is -3.02. The normalized spacial score (nSPS) is 10.4. The van der Waals surface area contributed by atoms with Gasteiger partial charge in [-0.1, -0.05) is 24.3 Å². The quantitative estimate of drug-likeness (QED) is 0.775. The number of rotatable bonds is 8. The topological polar surface area (TPSA) is 67.9 Å². The fraction of sp³-hybridized carbons (Fsp3) is 0.333. The highest BCUT2D eigenvalue weighted by Gasteiger charge is 2.19. The molecule has 0 unspecified atom stereocenters. The van der Waals surface area contributed by atoms with Gasteiger partial charge < -0.3 is 14.8 Å². The Morgan fingerprint density at radius 3 is 2.33 bits per heavy atom. The number of nitrogens with zero attached hydrogens (tertiary/aromatic N) is 1. The van der Waals surface area contributed by atoms with E-state index in [1.165, 1.54) is 11.8 Å². The first-order chi connectivity index (χ1) is 12.9. The van der Waals surface area contributed by atoms with Crippen LogP contribution in [0.25, 0.3) is 0 Å². The molecule has 0 saturated heterocycles. The largest absolute Gasteiger partial charge is 0.497 e. The number of hydrogen-bond acceptors (Lipinski definition) is 4. The van der Waals surface area contributed by atoms with Crippen LogP contribution in [0.2, 0.25) is 0 Å². The first-order valence-electron chi connectivity index (χ1n) is 8.84. The number of anilines is 1. The highest BCUT2D eigenvalue weighted by Crippen LogP contribution is 2.29. The van der Waals surface area contributed by atoms with E-state index in [4.69, 9.17) is 9.47 Å². The summed E-state index contributed by atoms with van der Waals surface area (Å²) in [4.78, 5) is 25.9. The second kappa shape index (κ2) is 9.62. The third kappa shape index (κ3) is 6.02. The molecule has 0 spiro atoms. The number of benzene rings is 2. The van der Waals surface area contributed by atoms with Gasteiger partial charge in [-0.15, -0.1) is 0 Å². The predicted molar refractivity (Wildman–Crippen MR) is 105 cm³/mol. The number of carbonyl (C=O) groups excluding carboxylic acids is 2. The summed E-state index contributed by atoms with van der Waals surface area (Å²) in [5.74, 6) is 0.856. The highest BCUT2D eigenvalue weighted by molar-refractivity contribution is 5.98. The van der Waals surface area contributed by atoms with Crippen LogP contribution in [0, 0.1) is 0 Å². The lowest BCUT2D eigenvalue weighted by Crippen LogP contribution is -2.39. The first-order valence-corrected chi connectivity index (χ1v) is 8.84. The SMILES string of the molecule is COc1ccc(CNC(=O)CN(C(C)=O)c2ccccc2OC(C)C)cc1. The molecule has 2 rings (SSSR count). The van der Waals surface area contributed by atoms with E-state index >= 15 is 0 Å². The minimum absolute atomic E-state index is 0.0381. The van der Waals surface area contributed by atoms with E-state index in [1.54, 1.807) is 19.2 Å². The van der Waals surface area contributed by atoms with E-state index in [1.807, 2.05) is 50.2 Å². The van der Waals surface area contributed by atoms with Crippen molar-refractivity contribution in [2.75, 3.05) is 18.6 Å². The maximum atomic E-state index is 12.4. The van der Waals surface area contributed by atoms with Crippen molar-refractivity contribution in [2.24, 2.45) is 0 Å². The number of hydrogen-bond donors (Lipinski definition) is 1. The molecular weight excluding hydrogens is 344 g/mol. The second-order valence-electron chi connectivity index (χ2n) is 6.36. The zero-order valence-corrected chi connectivity index (χ0v) is 16.2. The van der Waals surface area contributed by atoms with Gasteiger partial charge in [0.15, 0.2) is 0 Å². The lowest BCUT2D eigenvalue weighted by atomic mass is 10.2. The average molecular weight is 370 g/mol. The Morgan fingerprint density at radius 1 is 1.07 bits per heavy atom. The smallest absolute Gasteiger partial charge is 0.240 e. The van der Waals surface area contributed by atoms with Crippen LogP contribution in [-0.4, -0.2) is 31.6 Å². The summed E-state index contributed by atoms with van der Waals surface area (Å²) >= 11 is 0. The van der Waals surface area contributed by atoms with Crippen LogP contribution in [0.5, 0.6) is 11.5 Å². The van der Waals surface area contributed by atoms with Gasteiger partial charge in [0, 0.05) is 13.5 Å². The summed E-state index contributed by atoms with van der Waals surface area (Å²) in [6.07, 6.45) is -0.0381. The lowest BCUT2D eigenvalue weighted by Gasteiger charge is -2.24. The molecule has 2 amide bonds. The van der Waals surface area contributed by atoms with Gasteiger partial charge in [-0.25, -0.2) is 0 Å². The molecule has 2 aromatic carbocycles. The van der Waals surface area contributed by atoms with Crippen molar-refractivity contribution in [3.05, 3.63) is 54.1 Å². The van der Waals surface area contributed by atoms with Crippen molar-refractivity contribution in [2.45, 2.75) is 33.4 Å². The average Bonchev–Trinajstić information content (AvgIpc) is 2.65. The van der Waals surface area contributed by atoms with Crippen LogP contribution in [0.1, 0.15) is 26.3 Å². The Balaban J connectivity index is 2.05. The van der Waals surface area contributed by atoms with E-state index in [0.29, 0.717) is 18.0 Å². The van der Waals surface area contributed by atoms with Crippen molar-refractivity contribution in [3.63, 3.8) is 0 Å². The minimum atomic E-state index is -0.250. The molecular formula is C21H26N2O4. The van der Waals surface area contributed by atoms with Crippen molar-refractivity contribution in [1.29, 1.82) is 0 Å². The monoisotopic (exact) mass is 370 g/mol. The Morgan fingerprint density at radius 2 is 1.74 bits per heavy atom. The van der Waals surface area contributed by atoms with Crippen LogP contribution >= 0.6 is 0 Å². The van der Waals surface area contributed by atoms with Crippen LogP contribution in [0.4, 0.5) is 5.69 Å². The zero-order valence-electron chi connectivity index (χ0n) is 16.2. The van der Waals surface area contributed by atoms with Crippen molar-refractivity contribution < 1.29 is 19.1 Å². The summed E-state index contributed by atoms with van der Waals surface area (Å²) in [6, 6.07) is 14.7. The molecule has 6 nitrogen and oxygen atoms in total. The molecule has 0 atom stereocenters. The lowest BCUT2D eigenvalue weighted by molar-refractivity contribution is -0.123. The van der Waals surface area contributed by atoms with Gasteiger partial charge in [-0.3, -0.25) is 14.5 Å². The molecule has 2 aromatic rings. The van der Waals surface area contributed by atoms with Crippen LogP contribution in [-0.2, 0) is 16.1 Å². The summed E-state index contributed by atoms with van der Waals surface area (Å²) < 4.78 is 10.9.